The number of alkyl halides is 3. The van der Waals surface area contributed by atoms with Crippen molar-refractivity contribution in [3.63, 3.8) is 0 Å². The third kappa shape index (κ3) is 8.66. The number of aryl methyl sites for hydroxylation is 1. The van der Waals surface area contributed by atoms with Gasteiger partial charge in [0.25, 0.3) is 0 Å². The van der Waals surface area contributed by atoms with Crippen LogP contribution in [0.15, 0.2) is 52.4 Å². The minimum atomic E-state index is -4.60. The van der Waals surface area contributed by atoms with E-state index >= 15 is 0 Å². The Morgan fingerprint density at radius 2 is 1.79 bits per heavy atom. The van der Waals surface area contributed by atoms with Crippen LogP contribution < -0.4 is 10.5 Å². The third-order valence-electron chi connectivity index (χ3n) is 3.36. The molecule has 0 fully saturated rings. The highest BCUT2D eigenvalue weighted by Crippen LogP contribution is 2.22. The van der Waals surface area contributed by atoms with Gasteiger partial charge in [-0.05, 0) is 43.7 Å². The van der Waals surface area contributed by atoms with Crippen molar-refractivity contribution in [3.8, 4) is 5.75 Å². The Hall–Kier alpha value is -2.90. The van der Waals surface area contributed by atoms with Crippen LogP contribution in [-0.4, -0.2) is 25.5 Å². The second-order valence-corrected chi connectivity index (χ2v) is 5.74. The molecule has 0 amide bonds. The predicted molar refractivity (Wildman–Crippen MR) is 105 cm³/mol. The van der Waals surface area contributed by atoms with E-state index in [1.807, 2.05) is 0 Å². The maximum Gasteiger partial charge on any atom is 0.573 e. The number of nitrogen functional groups attached to an aromatic ring is 1. The average Bonchev–Trinajstić information content (AvgIpc) is 2.63. The number of nitrogens with two attached hydrogens (primary N) is 1. The largest absolute Gasteiger partial charge is 0.573 e. The normalized spacial score (nSPS) is 11.9. The van der Waals surface area contributed by atoms with E-state index in [-0.39, 0.29) is 11.4 Å². The highest BCUT2D eigenvalue weighted by atomic mass is 19.4. The maximum absolute atomic E-state index is 13.2. The number of aliphatic imine (C=N–C) groups is 2. The van der Waals surface area contributed by atoms with Gasteiger partial charge in [-0.3, -0.25) is 4.99 Å². The molecule has 0 bridgehead atoms. The first kappa shape index (κ1) is 23.1. The lowest BCUT2D eigenvalue weighted by atomic mass is 10.2. The van der Waals surface area contributed by atoms with Gasteiger partial charge in [0.15, 0.2) is 5.84 Å². The van der Waals surface area contributed by atoms with E-state index < -0.39 is 12.2 Å². The Morgan fingerprint density at radius 3 is 2.29 bits per heavy atom. The zero-order valence-electron chi connectivity index (χ0n) is 15.9. The molecule has 28 heavy (non-hydrogen) atoms. The number of hydrogen-bond donors (Lipinski definition) is 1. The van der Waals surface area contributed by atoms with Crippen molar-refractivity contribution in [1.29, 1.82) is 0 Å². The summed E-state index contributed by atoms with van der Waals surface area (Å²) in [4.78, 5) is 8.20. The SMILES string of the molecule is CCCC=NC(=NC)c1ccc(N)c(F)c1.Cc1ccc(OC(F)(F)F)cc1. The molecule has 2 aromatic carbocycles. The van der Waals surface area contributed by atoms with Gasteiger partial charge in [-0.25, -0.2) is 9.38 Å². The van der Waals surface area contributed by atoms with Crippen LogP contribution in [0, 0.1) is 12.7 Å². The molecule has 2 N–H and O–H groups in total. The van der Waals surface area contributed by atoms with Gasteiger partial charge >= 0.3 is 6.36 Å². The van der Waals surface area contributed by atoms with Gasteiger partial charge in [0.05, 0.1) is 5.69 Å². The molecule has 2 aromatic rings. The summed E-state index contributed by atoms with van der Waals surface area (Å²) in [5.74, 6) is -0.107. The van der Waals surface area contributed by atoms with E-state index in [2.05, 4.69) is 21.6 Å². The van der Waals surface area contributed by atoms with Gasteiger partial charge in [-0.1, -0.05) is 31.0 Å². The smallest absolute Gasteiger partial charge is 0.406 e. The summed E-state index contributed by atoms with van der Waals surface area (Å²) in [6.45, 7) is 3.86. The molecule has 0 aromatic heterocycles. The Bertz CT molecular complexity index is 800. The highest BCUT2D eigenvalue weighted by molar-refractivity contribution is 6.03. The fraction of sp³-hybridized carbons (Fsp3) is 0.300. The molecule has 0 spiro atoms. The number of ether oxygens (including phenoxy) is 1. The Labute approximate surface area is 161 Å². The molecule has 0 saturated heterocycles. The van der Waals surface area contributed by atoms with E-state index in [1.54, 1.807) is 38.4 Å². The monoisotopic (exact) mass is 397 g/mol. The number of rotatable bonds is 4. The topological polar surface area (TPSA) is 60.0 Å². The fourth-order valence-corrected chi connectivity index (χ4v) is 1.95. The van der Waals surface area contributed by atoms with Gasteiger partial charge in [-0.15, -0.1) is 13.2 Å². The minimum Gasteiger partial charge on any atom is -0.406 e. The van der Waals surface area contributed by atoms with Crippen molar-refractivity contribution in [2.24, 2.45) is 9.98 Å². The summed E-state index contributed by atoms with van der Waals surface area (Å²) in [5.41, 5.74) is 7.07. The number of hydrogen-bond acceptors (Lipinski definition) is 3. The highest BCUT2D eigenvalue weighted by Gasteiger charge is 2.30. The summed E-state index contributed by atoms with van der Waals surface area (Å²) in [6, 6.07) is 10.3. The molecule has 0 heterocycles. The van der Waals surface area contributed by atoms with Crippen LogP contribution in [0.2, 0.25) is 0 Å². The number of benzene rings is 2. The summed E-state index contributed by atoms with van der Waals surface area (Å²) < 4.78 is 51.7. The second-order valence-electron chi connectivity index (χ2n) is 5.74. The lowest BCUT2D eigenvalue weighted by molar-refractivity contribution is -0.274. The molecule has 2 rings (SSSR count). The molecule has 0 aliphatic heterocycles. The van der Waals surface area contributed by atoms with Gasteiger partial charge in [0.1, 0.15) is 11.6 Å². The fourth-order valence-electron chi connectivity index (χ4n) is 1.95. The maximum atomic E-state index is 13.2. The standard InChI is InChI=1S/C12H16FN3.C8H7F3O/c1-3-4-7-16-12(15-2)9-5-6-11(14)10(13)8-9;1-6-2-4-7(5-3-6)12-8(9,10)11/h5-8H,3-4,14H2,1-2H3;2-5H,1H3. The minimum absolute atomic E-state index is 0.136. The van der Waals surface area contributed by atoms with Crippen molar-refractivity contribution >= 4 is 17.7 Å². The number of amidine groups is 1. The van der Waals surface area contributed by atoms with Gasteiger partial charge < -0.3 is 10.5 Å². The van der Waals surface area contributed by atoms with Crippen molar-refractivity contribution in [2.75, 3.05) is 12.8 Å². The third-order valence-corrected chi connectivity index (χ3v) is 3.36. The molecule has 0 aliphatic carbocycles. The lowest BCUT2D eigenvalue weighted by Crippen LogP contribution is -2.16. The van der Waals surface area contributed by atoms with Crippen LogP contribution in [0.4, 0.5) is 23.2 Å². The van der Waals surface area contributed by atoms with E-state index in [9.17, 15) is 17.6 Å². The Balaban J connectivity index is 0.000000292. The van der Waals surface area contributed by atoms with Crippen LogP contribution in [0.1, 0.15) is 30.9 Å². The number of nitrogens with zero attached hydrogens (tertiary/aromatic N) is 2. The van der Waals surface area contributed by atoms with Gasteiger partial charge in [0.2, 0.25) is 0 Å². The summed E-state index contributed by atoms with van der Waals surface area (Å²) >= 11 is 0. The first-order chi connectivity index (χ1) is 13.2. The van der Waals surface area contributed by atoms with Crippen molar-refractivity contribution in [3.05, 3.63) is 59.4 Å². The molecule has 0 saturated carbocycles. The van der Waals surface area contributed by atoms with Crippen LogP contribution in [-0.2, 0) is 0 Å². The van der Waals surface area contributed by atoms with E-state index in [4.69, 9.17) is 5.73 Å². The molecule has 0 unspecified atom stereocenters. The quantitative estimate of drug-likeness (QED) is 0.318. The number of anilines is 1. The van der Waals surface area contributed by atoms with Gasteiger partial charge in [0, 0.05) is 18.8 Å². The predicted octanol–water partition coefficient (Wildman–Crippen LogP) is 5.55. The Morgan fingerprint density at radius 1 is 1.14 bits per heavy atom. The second kappa shape index (κ2) is 11.1. The first-order valence-electron chi connectivity index (χ1n) is 8.53. The van der Waals surface area contributed by atoms with Gasteiger partial charge in [-0.2, -0.15) is 0 Å². The molecule has 152 valence electrons. The van der Waals surface area contributed by atoms with Crippen LogP contribution in [0.5, 0.6) is 5.75 Å². The van der Waals surface area contributed by atoms with Crippen molar-refractivity contribution in [2.45, 2.75) is 33.1 Å². The number of halogens is 4. The lowest BCUT2D eigenvalue weighted by Gasteiger charge is -2.08. The average molecular weight is 397 g/mol. The van der Waals surface area contributed by atoms with Crippen molar-refractivity contribution < 1.29 is 22.3 Å². The zero-order valence-corrected chi connectivity index (χ0v) is 15.9. The molecular weight excluding hydrogens is 374 g/mol. The van der Waals surface area contributed by atoms with Crippen LogP contribution in [0.3, 0.4) is 0 Å². The first-order valence-corrected chi connectivity index (χ1v) is 8.53. The Kier molecular flexibility index (Phi) is 9.14. The summed E-state index contributed by atoms with van der Waals surface area (Å²) in [7, 11) is 1.63. The molecule has 0 radical (unpaired) electrons. The van der Waals surface area contributed by atoms with E-state index in [0.29, 0.717) is 11.4 Å². The van der Waals surface area contributed by atoms with Crippen molar-refractivity contribution in [1.82, 2.24) is 0 Å². The summed E-state index contributed by atoms with van der Waals surface area (Å²) in [6.07, 6.45) is -0.904. The zero-order chi connectivity index (χ0) is 21.2. The molecule has 8 heteroatoms. The van der Waals surface area contributed by atoms with Crippen LogP contribution >= 0.6 is 0 Å². The van der Waals surface area contributed by atoms with E-state index in [1.165, 1.54) is 24.3 Å². The molecule has 0 atom stereocenters. The van der Waals surface area contributed by atoms with Crippen LogP contribution in [0.25, 0.3) is 0 Å². The summed E-state index contributed by atoms with van der Waals surface area (Å²) in [5, 5.41) is 0. The molecular formula is C20H23F4N3O. The molecule has 0 aliphatic rings. The number of unbranched alkanes of at least 4 members (excludes halogenated alkanes) is 1. The molecule has 4 nitrogen and oxygen atoms in total. The van der Waals surface area contributed by atoms with E-state index in [0.717, 1.165) is 18.4 Å².